The largest absolute Gasteiger partial charge is 0.481 e. The summed E-state index contributed by atoms with van der Waals surface area (Å²) in [5.74, 6) is -4.38. The van der Waals surface area contributed by atoms with Crippen molar-refractivity contribution in [3.8, 4) is 11.1 Å². The molecule has 51 heavy (non-hydrogen) atoms. The maximum Gasteiger partial charge on any atom is 0.407 e. The van der Waals surface area contributed by atoms with Crippen molar-refractivity contribution in [2.24, 2.45) is 17.8 Å². The molecule has 0 saturated heterocycles. The Morgan fingerprint density at radius 3 is 1.90 bits per heavy atom. The number of fused-ring (bicyclic) bond motifs is 3. The Labute approximate surface area is 308 Å². The van der Waals surface area contributed by atoms with Crippen LogP contribution in [0.4, 0.5) is 4.79 Å². The van der Waals surface area contributed by atoms with E-state index in [0.29, 0.717) is 12.8 Å². The molecule has 9 nitrogen and oxygen atoms in total. The highest BCUT2D eigenvalue weighted by Gasteiger charge is 2.36. The standard InChI is InChI=1S/C41H59NO8S/c1-7-9-11-13-18-28(37(43)44)27(3)24-33(38(45)46)36(23-12-10-8-2)51-26-35(39(47)50-41(4,5)6)42-40(48)49-25-34-31-21-16-14-19-29(31)30-20-15-17-22-32(30)34/h14-17,19-22,27-28,33-36H,7-13,18,23-26H2,1-6H3,(H,42,48)(H,43,44)(H,45,46)/t27?,28-,33?,35+,36?/m1/s1. The zero-order chi connectivity index (χ0) is 37.6. The summed E-state index contributed by atoms with van der Waals surface area (Å²) in [6, 6.07) is 15.0. The minimum atomic E-state index is -1.09. The van der Waals surface area contributed by atoms with Crippen LogP contribution in [0.15, 0.2) is 48.5 Å². The van der Waals surface area contributed by atoms with E-state index in [1.165, 1.54) is 11.8 Å². The molecule has 1 aliphatic carbocycles. The van der Waals surface area contributed by atoms with E-state index in [2.05, 4.69) is 31.3 Å². The third kappa shape index (κ3) is 12.9. The lowest BCUT2D eigenvalue weighted by Crippen LogP contribution is -2.46. The average molecular weight is 726 g/mol. The summed E-state index contributed by atoms with van der Waals surface area (Å²) in [5.41, 5.74) is 3.53. The Morgan fingerprint density at radius 1 is 0.804 bits per heavy atom. The fraction of sp³-hybridized carbons (Fsp3) is 0.610. The summed E-state index contributed by atoms with van der Waals surface area (Å²) < 4.78 is 11.4. The van der Waals surface area contributed by atoms with Crippen molar-refractivity contribution >= 4 is 35.8 Å². The van der Waals surface area contributed by atoms with Crippen LogP contribution < -0.4 is 5.32 Å². The predicted octanol–water partition coefficient (Wildman–Crippen LogP) is 9.32. The molecule has 3 rings (SSSR count). The number of aliphatic carboxylic acids is 2. The van der Waals surface area contributed by atoms with Gasteiger partial charge in [-0.25, -0.2) is 9.59 Å². The highest BCUT2D eigenvalue weighted by atomic mass is 32.2. The number of esters is 1. The van der Waals surface area contributed by atoms with Crippen molar-refractivity contribution in [1.29, 1.82) is 0 Å². The SMILES string of the molecule is CCCCCC[C@@H](C(=O)O)C(C)CC(C(=O)O)C(CCCCC)SC[C@H](NC(=O)OCC1c2ccccc2-c2ccccc21)C(=O)OC(C)(C)C. The number of hydrogen-bond donors (Lipinski definition) is 3. The Hall–Kier alpha value is -3.53. The van der Waals surface area contributed by atoms with E-state index in [1.807, 2.05) is 43.3 Å². The number of rotatable bonds is 22. The summed E-state index contributed by atoms with van der Waals surface area (Å²) in [5, 5.41) is 22.8. The van der Waals surface area contributed by atoms with E-state index in [1.54, 1.807) is 20.8 Å². The lowest BCUT2D eigenvalue weighted by Gasteiger charge is -2.30. The van der Waals surface area contributed by atoms with Gasteiger partial charge < -0.3 is 25.0 Å². The zero-order valence-electron chi connectivity index (χ0n) is 31.3. The number of nitrogens with one attached hydrogen (secondary N) is 1. The van der Waals surface area contributed by atoms with E-state index in [9.17, 15) is 29.4 Å². The van der Waals surface area contributed by atoms with Gasteiger partial charge in [0.1, 0.15) is 18.2 Å². The van der Waals surface area contributed by atoms with E-state index in [0.717, 1.165) is 67.2 Å². The maximum absolute atomic E-state index is 13.5. The number of carbonyl (C=O) groups is 4. The molecular weight excluding hydrogens is 667 g/mol. The number of alkyl carbamates (subject to hydrolysis) is 1. The number of carboxylic acids is 2. The minimum Gasteiger partial charge on any atom is -0.481 e. The van der Waals surface area contributed by atoms with E-state index < -0.39 is 52.7 Å². The fourth-order valence-corrected chi connectivity index (χ4v) is 8.41. The Bertz CT molecular complexity index is 1390. The molecule has 3 unspecified atom stereocenters. The van der Waals surface area contributed by atoms with Crippen molar-refractivity contribution in [3.63, 3.8) is 0 Å². The zero-order valence-corrected chi connectivity index (χ0v) is 32.1. The summed E-state index contributed by atoms with van der Waals surface area (Å²) >= 11 is 1.32. The molecule has 0 aliphatic heterocycles. The first-order chi connectivity index (χ1) is 24.3. The molecule has 2 aromatic carbocycles. The quantitative estimate of drug-likeness (QED) is 0.0800. The molecular formula is C41H59NO8S. The Balaban J connectivity index is 1.76. The fourth-order valence-electron chi connectivity index (χ4n) is 6.96. The van der Waals surface area contributed by atoms with Gasteiger partial charge in [-0.05, 0) is 68.2 Å². The van der Waals surface area contributed by atoms with Crippen LogP contribution in [0, 0.1) is 17.8 Å². The Kier molecular flexibility index (Phi) is 16.8. The molecule has 0 spiro atoms. The molecule has 0 heterocycles. The van der Waals surface area contributed by atoms with E-state index in [4.69, 9.17) is 9.47 Å². The second-order valence-electron chi connectivity index (χ2n) is 14.9. The summed E-state index contributed by atoms with van der Waals surface area (Å²) in [6.45, 7) is 11.3. The van der Waals surface area contributed by atoms with Gasteiger partial charge in [0.25, 0.3) is 0 Å². The number of thioether (sulfide) groups is 1. The summed E-state index contributed by atoms with van der Waals surface area (Å²) in [7, 11) is 0. The first-order valence-corrected chi connectivity index (χ1v) is 19.7. The number of benzene rings is 2. The molecule has 0 aromatic heterocycles. The van der Waals surface area contributed by atoms with Gasteiger partial charge in [-0.15, -0.1) is 0 Å². The molecule has 2 aromatic rings. The van der Waals surface area contributed by atoms with Crippen molar-refractivity contribution in [1.82, 2.24) is 5.32 Å². The molecule has 0 fully saturated rings. The van der Waals surface area contributed by atoms with Gasteiger partial charge in [-0.3, -0.25) is 9.59 Å². The topological polar surface area (TPSA) is 139 Å². The molecule has 1 aliphatic rings. The number of hydrogen-bond acceptors (Lipinski definition) is 7. The van der Waals surface area contributed by atoms with Crippen LogP contribution in [0.25, 0.3) is 11.1 Å². The van der Waals surface area contributed by atoms with Crippen LogP contribution in [0.2, 0.25) is 0 Å². The van der Waals surface area contributed by atoms with E-state index in [-0.39, 0.29) is 30.6 Å². The highest BCUT2D eigenvalue weighted by Crippen LogP contribution is 2.44. The molecule has 10 heteroatoms. The summed E-state index contributed by atoms with van der Waals surface area (Å²) in [4.78, 5) is 51.8. The third-order valence-electron chi connectivity index (χ3n) is 9.66. The van der Waals surface area contributed by atoms with Crippen LogP contribution in [0.1, 0.15) is 123 Å². The lowest BCUT2D eigenvalue weighted by atomic mass is 9.81. The molecule has 282 valence electrons. The van der Waals surface area contributed by atoms with Crippen LogP contribution in [-0.4, -0.2) is 63.5 Å². The van der Waals surface area contributed by atoms with Crippen LogP contribution in [0.5, 0.6) is 0 Å². The number of carbonyl (C=O) groups excluding carboxylic acids is 2. The lowest BCUT2D eigenvalue weighted by molar-refractivity contribution is -0.156. The third-order valence-corrected chi connectivity index (χ3v) is 11.2. The van der Waals surface area contributed by atoms with Gasteiger partial charge in [0.2, 0.25) is 0 Å². The molecule has 0 bridgehead atoms. The van der Waals surface area contributed by atoms with Gasteiger partial charge in [-0.1, -0.05) is 114 Å². The van der Waals surface area contributed by atoms with Crippen molar-refractivity contribution in [3.05, 3.63) is 59.7 Å². The minimum absolute atomic E-state index is 0.0768. The molecule has 5 atom stereocenters. The number of unbranched alkanes of at least 4 members (excludes halogenated alkanes) is 5. The van der Waals surface area contributed by atoms with Crippen LogP contribution in [-0.2, 0) is 23.9 Å². The monoisotopic (exact) mass is 725 g/mol. The second kappa shape index (κ2) is 20.5. The van der Waals surface area contributed by atoms with Crippen molar-refractivity contribution < 1.29 is 38.9 Å². The maximum atomic E-state index is 13.5. The average Bonchev–Trinajstić information content (AvgIpc) is 3.39. The smallest absolute Gasteiger partial charge is 0.407 e. The molecule has 0 radical (unpaired) electrons. The van der Waals surface area contributed by atoms with Gasteiger partial charge in [0.05, 0.1) is 11.8 Å². The van der Waals surface area contributed by atoms with Gasteiger partial charge >= 0.3 is 24.0 Å². The van der Waals surface area contributed by atoms with Gasteiger partial charge in [0.15, 0.2) is 0 Å². The van der Waals surface area contributed by atoms with E-state index >= 15 is 0 Å². The molecule has 1 amide bonds. The second-order valence-corrected chi connectivity index (χ2v) is 16.1. The highest BCUT2D eigenvalue weighted by molar-refractivity contribution is 8.00. The number of amides is 1. The van der Waals surface area contributed by atoms with Crippen molar-refractivity contribution in [2.45, 2.75) is 129 Å². The Morgan fingerprint density at radius 2 is 1.35 bits per heavy atom. The first kappa shape index (κ1) is 41.9. The van der Waals surface area contributed by atoms with Crippen LogP contribution in [0.3, 0.4) is 0 Å². The predicted molar refractivity (Wildman–Crippen MR) is 203 cm³/mol. The van der Waals surface area contributed by atoms with Gasteiger partial charge in [0, 0.05) is 16.9 Å². The number of carboxylic acid groups (broad SMARTS) is 2. The normalized spacial score (nSPS) is 15.5. The molecule has 3 N–H and O–H groups in total. The number of ether oxygens (including phenoxy) is 2. The van der Waals surface area contributed by atoms with Crippen molar-refractivity contribution in [2.75, 3.05) is 12.4 Å². The molecule has 0 saturated carbocycles. The van der Waals surface area contributed by atoms with Crippen LogP contribution >= 0.6 is 11.8 Å². The first-order valence-electron chi connectivity index (χ1n) is 18.7. The summed E-state index contributed by atoms with van der Waals surface area (Å²) in [6.07, 6.45) is 7.05. The van der Waals surface area contributed by atoms with Gasteiger partial charge in [-0.2, -0.15) is 11.8 Å².